The van der Waals surface area contributed by atoms with E-state index in [4.69, 9.17) is 15.2 Å². The summed E-state index contributed by atoms with van der Waals surface area (Å²) >= 11 is 0. The maximum absolute atomic E-state index is 11.4. The Balaban J connectivity index is 2.20. The van der Waals surface area contributed by atoms with Gasteiger partial charge in [0.25, 0.3) is 0 Å². The number of carbonyl (C=O) groups excluding carboxylic acids is 1. The van der Waals surface area contributed by atoms with Crippen molar-refractivity contribution in [3.05, 3.63) is 0 Å². The van der Waals surface area contributed by atoms with Crippen LogP contribution in [0.4, 0.5) is 0 Å². The SMILES string of the molecule is CC(C)[C@@H](N)C(=O)OCC1CCOCC1. The molecule has 0 aliphatic carbocycles. The third kappa shape index (κ3) is 4.18. The van der Waals surface area contributed by atoms with Crippen LogP contribution in [0.5, 0.6) is 0 Å². The molecule has 0 aromatic heterocycles. The first kappa shape index (κ1) is 12.5. The highest BCUT2D eigenvalue weighted by atomic mass is 16.5. The summed E-state index contributed by atoms with van der Waals surface area (Å²) in [4.78, 5) is 11.4. The molecule has 0 saturated carbocycles. The Bertz CT molecular complexity index is 200. The van der Waals surface area contributed by atoms with Crippen molar-refractivity contribution in [2.24, 2.45) is 17.6 Å². The van der Waals surface area contributed by atoms with E-state index in [1.807, 2.05) is 13.8 Å². The minimum Gasteiger partial charge on any atom is -0.464 e. The summed E-state index contributed by atoms with van der Waals surface area (Å²) < 4.78 is 10.4. The topological polar surface area (TPSA) is 61.6 Å². The van der Waals surface area contributed by atoms with Gasteiger partial charge in [-0.2, -0.15) is 0 Å². The molecule has 1 atom stereocenters. The predicted octanol–water partition coefficient (Wildman–Crippen LogP) is 0.939. The third-order valence-corrected chi connectivity index (χ3v) is 2.79. The molecule has 0 aromatic carbocycles. The van der Waals surface area contributed by atoms with Crippen LogP contribution >= 0.6 is 0 Å². The van der Waals surface area contributed by atoms with Gasteiger partial charge < -0.3 is 15.2 Å². The van der Waals surface area contributed by atoms with Crippen molar-refractivity contribution >= 4 is 5.97 Å². The van der Waals surface area contributed by atoms with Gasteiger partial charge in [-0.25, -0.2) is 0 Å². The fourth-order valence-electron chi connectivity index (χ4n) is 1.48. The van der Waals surface area contributed by atoms with Gasteiger partial charge in [0, 0.05) is 13.2 Å². The van der Waals surface area contributed by atoms with Crippen molar-refractivity contribution < 1.29 is 14.3 Å². The van der Waals surface area contributed by atoms with Gasteiger partial charge in [-0.15, -0.1) is 0 Å². The molecule has 0 unspecified atom stereocenters. The molecule has 15 heavy (non-hydrogen) atoms. The molecule has 0 spiro atoms. The molecule has 1 heterocycles. The fraction of sp³-hybridized carbons (Fsp3) is 0.909. The number of hydrogen-bond acceptors (Lipinski definition) is 4. The quantitative estimate of drug-likeness (QED) is 0.709. The number of carbonyl (C=O) groups is 1. The van der Waals surface area contributed by atoms with Crippen LogP contribution in [-0.4, -0.2) is 31.8 Å². The zero-order valence-corrected chi connectivity index (χ0v) is 9.57. The molecule has 88 valence electrons. The molecule has 0 amide bonds. The van der Waals surface area contributed by atoms with Crippen molar-refractivity contribution in [1.82, 2.24) is 0 Å². The maximum Gasteiger partial charge on any atom is 0.323 e. The molecular formula is C11H21NO3. The molecule has 1 aliphatic heterocycles. The van der Waals surface area contributed by atoms with Gasteiger partial charge in [0.15, 0.2) is 0 Å². The van der Waals surface area contributed by atoms with Gasteiger partial charge >= 0.3 is 5.97 Å². The maximum atomic E-state index is 11.4. The second-order valence-electron chi connectivity index (χ2n) is 4.46. The molecule has 1 rings (SSSR count). The average molecular weight is 215 g/mol. The number of ether oxygens (including phenoxy) is 2. The second-order valence-corrected chi connectivity index (χ2v) is 4.46. The zero-order chi connectivity index (χ0) is 11.3. The Kier molecular flexibility index (Phi) is 5.05. The van der Waals surface area contributed by atoms with E-state index >= 15 is 0 Å². The largest absolute Gasteiger partial charge is 0.464 e. The lowest BCUT2D eigenvalue weighted by atomic mass is 10.0. The minimum absolute atomic E-state index is 0.132. The number of nitrogens with two attached hydrogens (primary N) is 1. The normalized spacial score (nSPS) is 20.3. The highest BCUT2D eigenvalue weighted by molar-refractivity contribution is 5.75. The van der Waals surface area contributed by atoms with Crippen LogP contribution in [0.3, 0.4) is 0 Å². The Morgan fingerprint density at radius 3 is 2.60 bits per heavy atom. The first-order valence-corrected chi connectivity index (χ1v) is 5.61. The monoisotopic (exact) mass is 215 g/mol. The third-order valence-electron chi connectivity index (χ3n) is 2.79. The molecule has 0 aromatic rings. The molecule has 0 radical (unpaired) electrons. The second kappa shape index (κ2) is 6.08. The molecule has 4 heteroatoms. The minimum atomic E-state index is -0.496. The summed E-state index contributed by atoms with van der Waals surface area (Å²) in [6.45, 7) is 5.88. The highest BCUT2D eigenvalue weighted by Crippen LogP contribution is 2.15. The van der Waals surface area contributed by atoms with Gasteiger partial charge in [-0.3, -0.25) is 4.79 Å². The van der Waals surface area contributed by atoms with Gasteiger partial charge in [-0.05, 0) is 24.7 Å². The van der Waals surface area contributed by atoms with Crippen LogP contribution in [0.25, 0.3) is 0 Å². The number of hydrogen-bond donors (Lipinski definition) is 1. The van der Waals surface area contributed by atoms with E-state index in [1.165, 1.54) is 0 Å². The van der Waals surface area contributed by atoms with E-state index in [2.05, 4.69) is 0 Å². The standard InChI is InChI=1S/C11H21NO3/c1-8(2)10(12)11(13)15-7-9-3-5-14-6-4-9/h8-10H,3-7,12H2,1-2H3/t10-/m1/s1. The smallest absolute Gasteiger partial charge is 0.323 e. The van der Waals surface area contributed by atoms with Crippen LogP contribution in [0, 0.1) is 11.8 Å². The number of rotatable bonds is 4. The lowest BCUT2D eigenvalue weighted by Gasteiger charge is -2.22. The first-order valence-electron chi connectivity index (χ1n) is 5.61. The van der Waals surface area contributed by atoms with Crippen molar-refractivity contribution in [2.45, 2.75) is 32.7 Å². The van der Waals surface area contributed by atoms with E-state index < -0.39 is 6.04 Å². The van der Waals surface area contributed by atoms with E-state index in [0.29, 0.717) is 12.5 Å². The van der Waals surface area contributed by atoms with E-state index in [0.717, 1.165) is 26.1 Å². The Hall–Kier alpha value is -0.610. The van der Waals surface area contributed by atoms with Crippen molar-refractivity contribution in [2.75, 3.05) is 19.8 Å². The summed E-state index contributed by atoms with van der Waals surface area (Å²) in [5.74, 6) is 0.297. The van der Waals surface area contributed by atoms with Gasteiger partial charge in [-0.1, -0.05) is 13.8 Å². The zero-order valence-electron chi connectivity index (χ0n) is 9.57. The summed E-state index contributed by atoms with van der Waals surface area (Å²) in [7, 11) is 0. The average Bonchev–Trinajstić information content (AvgIpc) is 2.26. The molecular weight excluding hydrogens is 194 g/mol. The number of esters is 1. The molecule has 1 saturated heterocycles. The van der Waals surface area contributed by atoms with Crippen molar-refractivity contribution in [3.8, 4) is 0 Å². The van der Waals surface area contributed by atoms with Crippen molar-refractivity contribution in [1.29, 1.82) is 0 Å². The van der Waals surface area contributed by atoms with E-state index in [-0.39, 0.29) is 11.9 Å². The first-order chi connectivity index (χ1) is 7.11. The van der Waals surface area contributed by atoms with E-state index in [9.17, 15) is 4.79 Å². The van der Waals surface area contributed by atoms with Crippen LogP contribution in [-0.2, 0) is 14.3 Å². The van der Waals surface area contributed by atoms with Crippen molar-refractivity contribution in [3.63, 3.8) is 0 Å². The summed E-state index contributed by atoms with van der Waals surface area (Å²) in [5, 5.41) is 0. The molecule has 1 fully saturated rings. The molecule has 0 bridgehead atoms. The van der Waals surface area contributed by atoms with Crippen LogP contribution in [0.2, 0.25) is 0 Å². The van der Waals surface area contributed by atoms with Gasteiger partial charge in [0.2, 0.25) is 0 Å². The lowest BCUT2D eigenvalue weighted by molar-refractivity contribution is -0.148. The Labute approximate surface area is 91.1 Å². The molecule has 1 aliphatic rings. The van der Waals surface area contributed by atoms with Crippen LogP contribution in [0.1, 0.15) is 26.7 Å². The summed E-state index contributed by atoms with van der Waals surface area (Å²) in [6.07, 6.45) is 1.95. The Morgan fingerprint density at radius 2 is 2.07 bits per heavy atom. The van der Waals surface area contributed by atoms with E-state index in [1.54, 1.807) is 0 Å². The summed E-state index contributed by atoms with van der Waals surface area (Å²) in [5.41, 5.74) is 5.68. The Morgan fingerprint density at radius 1 is 1.47 bits per heavy atom. The van der Waals surface area contributed by atoms with Crippen LogP contribution < -0.4 is 5.73 Å². The molecule has 2 N–H and O–H groups in total. The van der Waals surface area contributed by atoms with Crippen LogP contribution in [0.15, 0.2) is 0 Å². The fourth-order valence-corrected chi connectivity index (χ4v) is 1.48. The highest BCUT2D eigenvalue weighted by Gasteiger charge is 2.21. The summed E-state index contributed by atoms with van der Waals surface area (Å²) in [6, 6.07) is -0.496. The molecule has 4 nitrogen and oxygen atoms in total. The lowest BCUT2D eigenvalue weighted by Crippen LogP contribution is -2.38. The van der Waals surface area contributed by atoms with Gasteiger partial charge in [0.05, 0.1) is 6.61 Å². The van der Waals surface area contributed by atoms with Gasteiger partial charge in [0.1, 0.15) is 6.04 Å². The predicted molar refractivity (Wildman–Crippen MR) is 57.3 cm³/mol.